The highest BCUT2D eigenvalue weighted by atomic mass is 32.2. The first-order chi connectivity index (χ1) is 8.93. The molecule has 104 valence electrons. The van der Waals surface area contributed by atoms with E-state index in [1.807, 2.05) is 0 Å². The third-order valence-corrected chi connectivity index (χ3v) is 4.33. The molecule has 1 aromatic carbocycles. The Bertz CT molecular complexity index is 501. The van der Waals surface area contributed by atoms with E-state index in [0.29, 0.717) is 5.56 Å². The molecule has 1 amide bonds. The van der Waals surface area contributed by atoms with Gasteiger partial charge in [0.25, 0.3) is 0 Å². The number of benzene rings is 1. The van der Waals surface area contributed by atoms with Crippen LogP contribution in [0.2, 0.25) is 0 Å². The Kier molecular flexibility index (Phi) is 5.69. The van der Waals surface area contributed by atoms with E-state index in [1.165, 1.54) is 7.11 Å². The third kappa shape index (κ3) is 4.82. The lowest BCUT2D eigenvalue weighted by atomic mass is 10.1. The number of primary amides is 1. The third-order valence-electron chi connectivity index (χ3n) is 2.65. The highest BCUT2D eigenvalue weighted by molar-refractivity contribution is 7.84. The molecule has 5 nitrogen and oxygen atoms in total. The molecule has 0 saturated heterocycles. The monoisotopic (exact) mass is 283 g/mol. The molecular weight excluding hydrogens is 266 g/mol. The molecule has 0 aromatic heterocycles. The second kappa shape index (κ2) is 7.04. The van der Waals surface area contributed by atoms with Crippen molar-refractivity contribution in [2.75, 3.05) is 7.11 Å². The first kappa shape index (κ1) is 15.4. The summed E-state index contributed by atoms with van der Waals surface area (Å²) in [4.78, 5) is 22.1. The predicted octanol–water partition coefficient (Wildman–Crippen LogP) is 0.986. The molecule has 1 rings (SSSR count). The van der Waals surface area contributed by atoms with Gasteiger partial charge in [0.2, 0.25) is 5.91 Å². The number of amides is 1. The topological polar surface area (TPSA) is 86.5 Å². The average molecular weight is 283 g/mol. The van der Waals surface area contributed by atoms with Gasteiger partial charge in [-0.25, -0.2) is 0 Å². The van der Waals surface area contributed by atoms with Crippen LogP contribution in [0.1, 0.15) is 29.3 Å². The van der Waals surface area contributed by atoms with Crippen molar-refractivity contribution in [1.82, 2.24) is 0 Å². The minimum absolute atomic E-state index is 0.110. The molecule has 0 fully saturated rings. The van der Waals surface area contributed by atoms with E-state index >= 15 is 0 Å². The molecule has 2 unspecified atom stereocenters. The van der Waals surface area contributed by atoms with Gasteiger partial charge >= 0.3 is 5.97 Å². The van der Waals surface area contributed by atoms with Crippen molar-refractivity contribution in [3.05, 3.63) is 35.4 Å². The van der Waals surface area contributed by atoms with E-state index in [0.717, 1.165) is 5.56 Å². The number of carbonyl (C=O) groups excluding carboxylic acids is 2. The molecule has 0 bridgehead atoms. The fourth-order valence-electron chi connectivity index (χ4n) is 1.53. The average Bonchev–Trinajstić information content (AvgIpc) is 2.38. The summed E-state index contributed by atoms with van der Waals surface area (Å²) in [6.07, 6.45) is 0.110. The minimum atomic E-state index is -1.21. The molecule has 0 aliphatic heterocycles. The van der Waals surface area contributed by atoms with Gasteiger partial charge in [0.05, 0.1) is 13.5 Å². The molecule has 0 saturated carbocycles. The molecule has 1 aromatic rings. The number of hydrogen-bond donors (Lipinski definition) is 1. The van der Waals surface area contributed by atoms with Crippen LogP contribution in [0.5, 0.6) is 0 Å². The van der Waals surface area contributed by atoms with Gasteiger partial charge in [-0.3, -0.25) is 13.8 Å². The summed E-state index contributed by atoms with van der Waals surface area (Å²) in [7, 11) is 0.0875. The lowest BCUT2D eigenvalue weighted by molar-refractivity contribution is -0.140. The van der Waals surface area contributed by atoms with Crippen LogP contribution >= 0.6 is 0 Å². The normalized spacial score (nSPS) is 13.6. The Morgan fingerprint density at radius 1 is 1.42 bits per heavy atom. The van der Waals surface area contributed by atoms with Crippen LogP contribution in [0.15, 0.2) is 24.3 Å². The number of methoxy groups -OCH3 is 1. The molecule has 0 aliphatic rings. The van der Waals surface area contributed by atoms with Crippen LogP contribution in [0.25, 0.3) is 0 Å². The smallest absolute Gasteiger partial charge is 0.306 e. The Morgan fingerprint density at radius 2 is 2.11 bits per heavy atom. The van der Waals surface area contributed by atoms with Gasteiger partial charge < -0.3 is 10.5 Å². The first-order valence-corrected chi connectivity index (χ1v) is 7.15. The van der Waals surface area contributed by atoms with Crippen molar-refractivity contribution in [2.24, 2.45) is 5.73 Å². The largest absolute Gasteiger partial charge is 0.469 e. The molecule has 19 heavy (non-hydrogen) atoms. The summed E-state index contributed by atoms with van der Waals surface area (Å²) in [6.45, 7) is 1.73. The molecule has 6 heteroatoms. The van der Waals surface area contributed by atoms with E-state index in [2.05, 4.69) is 4.74 Å². The fraction of sp³-hybridized carbons (Fsp3) is 0.385. The van der Waals surface area contributed by atoms with E-state index < -0.39 is 16.7 Å². The van der Waals surface area contributed by atoms with Crippen molar-refractivity contribution in [3.8, 4) is 0 Å². The SMILES string of the molecule is COC(=O)CC(C)S(=O)Cc1cccc(C(N)=O)c1. The number of ether oxygens (including phenoxy) is 1. The maximum absolute atomic E-state index is 12.0. The second-order valence-corrected chi connectivity index (χ2v) is 6.04. The number of rotatable bonds is 6. The van der Waals surface area contributed by atoms with Gasteiger partial charge in [-0.1, -0.05) is 19.1 Å². The maximum Gasteiger partial charge on any atom is 0.306 e. The van der Waals surface area contributed by atoms with Gasteiger partial charge in [-0.15, -0.1) is 0 Å². The van der Waals surface area contributed by atoms with E-state index in [-0.39, 0.29) is 23.4 Å². The van der Waals surface area contributed by atoms with Gasteiger partial charge in [0, 0.05) is 27.4 Å². The summed E-state index contributed by atoms with van der Waals surface area (Å²) in [5, 5.41) is -0.301. The van der Waals surface area contributed by atoms with Crippen molar-refractivity contribution in [3.63, 3.8) is 0 Å². The Labute approximate surface area is 114 Å². The number of nitrogens with two attached hydrogens (primary N) is 1. The minimum Gasteiger partial charge on any atom is -0.469 e. The molecule has 0 radical (unpaired) electrons. The predicted molar refractivity (Wildman–Crippen MR) is 72.9 cm³/mol. The highest BCUT2D eigenvalue weighted by Gasteiger charge is 2.16. The van der Waals surface area contributed by atoms with Crippen molar-refractivity contribution in [1.29, 1.82) is 0 Å². The van der Waals surface area contributed by atoms with Gasteiger partial charge in [0.1, 0.15) is 0 Å². The number of esters is 1. The molecule has 2 N–H and O–H groups in total. The zero-order valence-corrected chi connectivity index (χ0v) is 11.7. The lowest BCUT2D eigenvalue weighted by Gasteiger charge is -2.10. The molecule has 0 aliphatic carbocycles. The van der Waals surface area contributed by atoms with E-state index in [4.69, 9.17) is 5.73 Å². The molecular formula is C13H17NO4S. The van der Waals surface area contributed by atoms with Crippen molar-refractivity contribution in [2.45, 2.75) is 24.3 Å². The first-order valence-electron chi connectivity index (χ1n) is 5.76. The quantitative estimate of drug-likeness (QED) is 0.789. The van der Waals surface area contributed by atoms with Crippen molar-refractivity contribution >= 4 is 22.7 Å². The highest BCUT2D eigenvalue weighted by Crippen LogP contribution is 2.12. The van der Waals surface area contributed by atoms with Crippen LogP contribution in [0, 0.1) is 0 Å². The second-order valence-electron chi connectivity index (χ2n) is 4.18. The van der Waals surface area contributed by atoms with E-state index in [9.17, 15) is 13.8 Å². The maximum atomic E-state index is 12.0. The van der Waals surface area contributed by atoms with Gasteiger partial charge in [-0.2, -0.15) is 0 Å². The van der Waals surface area contributed by atoms with Crippen molar-refractivity contribution < 1.29 is 18.5 Å². The van der Waals surface area contributed by atoms with Crippen LogP contribution in [-0.4, -0.2) is 28.4 Å². The lowest BCUT2D eigenvalue weighted by Crippen LogP contribution is -2.18. The van der Waals surface area contributed by atoms with Crippen LogP contribution in [0.3, 0.4) is 0 Å². The van der Waals surface area contributed by atoms with Gasteiger partial charge in [-0.05, 0) is 17.7 Å². The summed E-state index contributed by atoms with van der Waals surface area (Å²) in [6, 6.07) is 6.69. The zero-order chi connectivity index (χ0) is 14.4. The summed E-state index contributed by atoms with van der Waals surface area (Å²) >= 11 is 0. The summed E-state index contributed by atoms with van der Waals surface area (Å²) < 4.78 is 16.6. The van der Waals surface area contributed by atoms with Crippen LogP contribution in [0.4, 0.5) is 0 Å². The standard InChI is InChI=1S/C13H17NO4S/c1-9(6-12(15)18-2)19(17)8-10-4-3-5-11(7-10)13(14)16/h3-5,7,9H,6,8H2,1-2H3,(H2,14,16). The van der Waals surface area contributed by atoms with Gasteiger partial charge in [0.15, 0.2) is 0 Å². The Morgan fingerprint density at radius 3 is 2.68 bits per heavy atom. The zero-order valence-electron chi connectivity index (χ0n) is 10.9. The Hall–Kier alpha value is -1.69. The fourth-order valence-corrected chi connectivity index (χ4v) is 2.65. The summed E-state index contributed by atoms with van der Waals surface area (Å²) in [5.41, 5.74) is 6.32. The Balaban J connectivity index is 2.68. The molecule has 0 heterocycles. The molecule has 2 atom stereocenters. The summed E-state index contributed by atoms with van der Waals surface area (Å²) in [5.74, 6) is -0.624. The number of carbonyl (C=O) groups is 2. The van der Waals surface area contributed by atoms with E-state index in [1.54, 1.807) is 31.2 Å². The van der Waals surface area contributed by atoms with Crippen LogP contribution in [-0.2, 0) is 26.1 Å². The molecule has 0 spiro atoms. The van der Waals surface area contributed by atoms with Crippen LogP contribution < -0.4 is 5.73 Å². The number of hydrogen-bond acceptors (Lipinski definition) is 4.